The van der Waals surface area contributed by atoms with E-state index in [9.17, 15) is 14.0 Å². The summed E-state index contributed by atoms with van der Waals surface area (Å²) >= 11 is 0. The monoisotopic (exact) mass is 371 g/mol. The van der Waals surface area contributed by atoms with Gasteiger partial charge in [0.05, 0.1) is 7.11 Å². The van der Waals surface area contributed by atoms with E-state index in [1.54, 1.807) is 4.90 Å². The van der Waals surface area contributed by atoms with Gasteiger partial charge in [0, 0.05) is 24.0 Å². The number of methoxy groups -OCH3 is 1. The number of anilines is 2. The minimum Gasteiger partial charge on any atom is -0.494 e. The Labute approximate surface area is 157 Å². The summed E-state index contributed by atoms with van der Waals surface area (Å²) in [6, 6.07) is 8.79. The Hall–Kier alpha value is -3.09. The van der Waals surface area contributed by atoms with Crippen molar-refractivity contribution in [3.63, 3.8) is 0 Å². The Morgan fingerprint density at radius 1 is 1.19 bits per heavy atom. The number of nitrogens with zero attached hydrogens (tertiary/aromatic N) is 1. The molecular weight excluding hydrogens is 349 g/mol. The molecule has 1 aliphatic rings. The summed E-state index contributed by atoms with van der Waals surface area (Å²) in [4.78, 5) is 26.5. The highest BCUT2D eigenvalue weighted by Crippen LogP contribution is 2.24. The van der Waals surface area contributed by atoms with Crippen molar-refractivity contribution in [2.45, 2.75) is 26.3 Å². The molecule has 7 heteroatoms. The maximum Gasteiger partial charge on any atom is 0.319 e. The smallest absolute Gasteiger partial charge is 0.319 e. The van der Waals surface area contributed by atoms with Crippen LogP contribution in [0, 0.1) is 19.7 Å². The van der Waals surface area contributed by atoms with Gasteiger partial charge in [0.25, 0.3) is 0 Å². The standard InChI is InChI=1S/C20H22FN3O3/c1-12-4-6-15(10-13(12)2)24-9-8-17(19(24)25)23-20(26)22-14-5-7-18(27-3)16(21)11-14/h4-7,10-11,17H,8-9H2,1-3H3,(H2,22,23,26)/t17-/m0/s1. The van der Waals surface area contributed by atoms with Gasteiger partial charge in [0.1, 0.15) is 6.04 Å². The Morgan fingerprint density at radius 3 is 2.63 bits per heavy atom. The van der Waals surface area contributed by atoms with Crippen LogP contribution in [0.15, 0.2) is 36.4 Å². The molecule has 3 amide bonds. The number of carbonyl (C=O) groups is 2. The summed E-state index contributed by atoms with van der Waals surface area (Å²) in [6.07, 6.45) is 0.510. The van der Waals surface area contributed by atoms with Gasteiger partial charge in [-0.1, -0.05) is 6.07 Å². The second-order valence-electron chi connectivity index (χ2n) is 6.55. The van der Waals surface area contributed by atoms with Gasteiger partial charge in [-0.05, 0) is 55.7 Å². The Morgan fingerprint density at radius 2 is 1.96 bits per heavy atom. The predicted molar refractivity (Wildman–Crippen MR) is 102 cm³/mol. The van der Waals surface area contributed by atoms with Crippen LogP contribution in [0.5, 0.6) is 5.75 Å². The summed E-state index contributed by atoms with van der Waals surface area (Å²) in [5.74, 6) is -0.640. The maximum absolute atomic E-state index is 13.7. The first-order valence-electron chi connectivity index (χ1n) is 8.68. The second-order valence-corrected chi connectivity index (χ2v) is 6.55. The van der Waals surface area contributed by atoms with E-state index in [0.717, 1.165) is 22.9 Å². The average Bonchev–Trinajstić information content (AvgIpc) is 2.98. The first-order chi connectivity index (χ1) is 12.9. The van der Waals surface area contributed by atoms with Crippen LogP contribution in [0.2, 0.25) is 0 Å². The van der Waals surface area contributed by atoms with Gasteiger partial charge in [0.2, 0.25) is 5.91 Å². The number of halogens is 1. The lowest BCUT2D eigenvalue weighted by Gasteiger charge is -2.18. The molecule has 0 unspecified atom stereocenters. The molecule has 2 aromatic rings. The maximum atomic E-state index is 13.7. The fourth-order valence-electron chi connectivity index (χ4n) is 3.03. The van der Waals surface area contributed by atoms with Crippen molar-refractivity contribution < 1.29 is 18.7 Å². The highest BCUT2D eigenvalue weighted by atomic mass is 19.1. The van der Waals surface area contributed by atoms with E-state index in [0.29, 0.717) is 13.0 Å². The molecule has 0 aromatic heterocycles. The summed E-state index contributed by atoms with van der Waals surface area (Å²) in [6.45, 7) is 4.54. The van der Waals surface area contributed by atoms with E-state index in [1.165, 1.54) is 19.2 Å². The van der Waals surface area contributed by atoms with E-state index in [1.807, 2.05) is 32.0 Å². The third-order valence-electron chi connectivity index (χ3n) is 4.72. The lowest BCUT2D eigenvalue weighted by molar-refractivity contribution is -0.118. The molecule has 1 saturated heterocycles. The molecule has 142 valence electrons. The van der Waals surface area contributed by atoms with Crippen molar-refractivity contribution >= 4 is 23.3 Å². The fourth-order valence-corrected chi connectivity index (χ4v) is 3.03. The zero-order valence-electron chi connectivity index (χ0n) is 15.5. The first-order valence-corrected chi connectivity index (χ1v) is 8.68. The van der Waals surface area contributed by atoms with E-state index in [4.69, 9.17) is 4.74 Å². The van der Waals surface area contributed by atoms with Crippen molar-refractivity contribution in [1.29, 1.82) is 0 Å². The van der Waals surface area contributed by atoms with Gasteiger partial charge in [0.15, 0.2) is 11.6 Å². The van der Waals surface area contributed by atoms with Crippen LogP contribution < -0.4 is 20.3 Å². The van der Waals surface area contributed by atoms with E-state index in [-0.39, 0.29) is 17.3 Å². The topological polar surface area (TPSA) is 70.7 Å². The molecule has 0 spiro atoms. The van der Waals surface area contributed by atoms with Gasteiger partial charge >= 0.3 is 6.03 Å². The third kappa shape index (κ3) is 4.02. The van der Waals surface area contributed by atoms with Crippen LogP contribution in [0.1, 0.15) is 17.5 Å². The summed E-state index contributed by atoms with van der Waals surface area (Å²) in [5, 5.41) is 5.19. The lowest BCUT2D eigenvalue weighted by atomic mass is 10.1. The normalized spacial score (nSPS) is 16.4. The Balaban J connectivity index is 1.62. The van der Waals surface area contributed by atoms with Crippen molar-refractivity contribution in [2.75, 3.05) is 23.9 Å². The van der Waals surface area contributed by atoms with Crippen LogP contribution in [0.3, 0.4) is 0 Å². The molecule has 2 aromatic carbocycles. The van der Waals surface area contributed by atoms with Crippen molar-refractivity contribution in [3.8, 4) is 5.75 Å². The number of hydrogen-bond donors (Lipinski definition) is 2. The molecule has 1 atom stereocenters. The van der Waals surface area contributed by atoms with E-state index < -0.39 is 17.9 Å². The molecule has 3 rings (SSSR count). The second kappa shape index (κ2) is 7.65. The number of benzene rings is 2. The van der Waals surface area contributed by atoms with Crippen molar-refractivity contribution in [1.82, 2.24) is 5.32 Å². The minimum atomic E-state index is -0.616. The molecule has 0 radical (unpaired) electrons. The number of aryl methyl sites for hydroxylation is 2. The predicted octanol–water partition coefficient (Wildman–Crippen LogP) is 3.38. The van der Waals surface area contributed by atoms with Crippen LogP contribution in [-0.4, -0.2) is 31.6 Å². The number of rotatable bonds is 4. The summed E-state index contributed by atoms with van der Waals surface area (Å²) in [5.41, 5.74) is 3.37. The quantitative estimate of drug-likeness (QED) is 0.866. The third-order valence-corrected chi connectivity index (χ3v) is 4.72. The SMILES string of the molecule is COc1ccc(NC(=O)N[C@H]2CCN(c3ccc(C)c(C)c3)C2=O)cc1F. The molecule has 1 aliphatic heterocycles. The average molecular weight is 371 g/mol. The Kier molecular flexibility index (Phi) is 5.30. The van der Waals surface area contributed by atoms with Crippen LogP contribution in [-0.2, 0) is 4.79 Å². The van der Waals surface area contributed by atoms with Gasteiger partial charge < -0.3 is 20.3 Å². The summed E-state index contributed by atoms with van der Waals surface area (Å²) in [7, 11) is 1.37. The largest absolute Gasteiger partial charge is 0.494 e. The molecule has 6 nitrogen and oxygen atoms in total. The number of amides is 3. The molecule has 0 saturated carbocycles. The highest BCUT2D eigenvalue weighted by Gasteiger charge is 2.33. The minimum absolute atomic E-state index is 0.0935. The Bertz CT molecular complexity index is 885. The van der Waals surface area contributed by atoms with Gasteiger partial charge in [-0.15, -0.1) is 0 Å². The van der Waals surface area contributed by atoms with Crippen LogP contribution >= 0.6 is 0 Å². The lowest BCUT2D eigenvalue weighted by Crippen LogP contribution is -2.43. The molecule has 1 heterocycles. The van der Waals surface area contributed by atoms with Crippen molar-refractivity contribution in [3.05, 3.63) is 53.3 Å². The number of ether oxygens (including phenoxy) is 1. The van der Waals surface area contributed by atoms with Gasteiger partial charge in [-0.2, -0.15) is 0 Å². The number of carbonyl (C=O) groups excluding carboxylic acids is 2. The zero-order chi connectivity index (χ0) is 19.6. The van der Waals surface area contributed by atoms with Crippen LogP contribution in [0.4, 0.5) is 20.6 Å². The number of nitrogens with one attached hydrogen (secondary N) is 2. The van der Waals surface area contributed by atoms with Gasteiger partial charge in [-0.3, -0.25) is 4.79 Å². The molecule has 27 heavy (non-hydrogen) atoms. The molecule has 1 fully saturated rings. The van der Waals surface area contributed by atoms with Crippen molar-refractivity contribution in [2.24, 2.45) is 0 Å². The number of urea groups is 1. The summed E-state index contributed by atoms with van der Waals surface area (Å²) < 4.78 is 18.6. The highest BCUT2D eigenvalue weighted by molar-refractivity contribution is 6.02. The fraction of sp³-hybridized carbons (Fsp3) is 0.300. The molecule has 0 bridgehead atoms. The van der Waals surface area contributed by atoms with Crippen LogP contribution in [0.25, 0.3) is 0 Å². The van der Waals surface area contributed by atoms with E-state index in [2.05, 4.69) is 10.6 Å². The van der Waals surface area contributed by atoms with Gasteiger partial charge in [-0.25, -0.2) is 9.18 Å². The zero-order valence-corrected chi connectivity index (χ0v) is 15.5. The molecular formula is C20H22FN3O3. The molecule has 2 N–H and O–H groups in total. The van der Waals surface area contributed by atoms with E-state index >= 15 is 0 Å². The molecule has 0 aliphatic carbocycles. The first kappa shape index (κ1) is 18.7. The number of hydrogen-bond acceptors (Lipinski definition) is 3.